The van der Waals surface area contributed by atoms with E-state index in [2.05, 4.69) is 52.1 Å². The molecule has 0 saturated heterocycles. The zero-order valence-electron chi connectivity index (χ0n) is 7.55. The number of likely N-dealkylation sites (N-methyl/N-ethyl adjacent to an activating group) is 1. The van der Waals surface area contributed by atoms with Crippen LogP contribution in [-0.4, -0.2) is 32.8 Å². The van der Waals surface area contributed by atoms with Crippen LogP contribution in [0.1, 0.15) is 6.42 Å². The zero-order chi connectivity index (χ0) is 10.7. The molecule has 5 nitrogen and oxygen atoms in total. The first-order chi connectivity index (χ1) is 6.26. The van der Waals surface area contributed by atoms with Crippen LogP contribution in [0.25, 0.3) is 0 Å². The molecule has 0 aromatic rings. The summed E-state index contributed by atoms with van der Waals surface area (Å²) in [5.41, 5.74) is 0. The summed E-state index contributed by atoms with van der Waals surface area (Å²) in [6.07, 6.45) is 0.514. The van der Waals surface area contributed by atoms with E-state index in [1.165, 1.54) is 7.11 Å². The maximum Gasteiger partial charge on any atom is 0.322 e. The van der Waals surface area contributed by atoms with Gasteiger partial charge < -0.3 is 14.9 Å². The molecule has 0 spiro atoms. The molecule has 1 atom stereocenters. The van der Waals surface area contributed by atoms with Crippen LogP contribution in [0.5, 0.6) is 0 Å². The van der Waals surface area contributed by atoms with Crippen LogP contribution < -0.4 is 11.2 Å². The van der Waals surface area contributed by atoms with Crippen LogP contribution in [0.15, 0.2) is 0 Å². The van der Waals surface area contributed by atoms with Crippen molar-refractivity contribution in [2.24, 2.45) is 5.90 Å². The largest absolute Gasteiger partial charge is 0.468 e. The molecule has 0 aliphatic rings. The minimum atomic E-state index is -0.330. The molecule has 0 aromatic heterocycles. The number of nitrogens with two attached hydrogens (primary N) is 1. The van der Waals surface area contributed by atoms with E-state index in [0.717, 1.165) is 0 Å². The molecule has 1 unspecified atom stereocenters. The lowest BCUT2D eigenvalue weighted by Gasteiger charge is -2.11. The van der Waals surface area contributed by atoms with Gasteiger partial charge in [0.2, 0.25) is 0 Å². The molecule has 0 aliphatic carbocycles. The number of halogens is 2. The average molecular weight is 416 g/mol. The van der Waals surface area contributed by atoms with Crippen LogP contribution in [-0.2, 0) is 14.4 Å². The summed E-state index contributed by atoms with van der Waals surface area (Å²) in [6.45, 7) is 0.334. The maximum atomic E-state index is 10.9. The molecule has 3 N–H and O–H groups in total. The van der Waals surface area contributed by atoms with Crippen molar-refractivity contribution in [3.63, 3.8) is 0 Å². The highest BCUT2D eigenvalue weighted by Gasteiger charge is 2.15. The molecule has 0 aromatic carbocycles. The molecule has 0 aliphatic heterocycles. The summed E-state index contributed by atoms with van der Waals surface area (Å²) in [6, 6.07) is -0.330. The molecule has 0 saturated carbocycles. The van der Waals surface area contributed by atoms with Gasteiger partial charge in [-0.25, -0.2) is 5.90 Å². The van der Waals surface area contributed by atoms with Gasteiger partial charge in [0.05, 0.1) is 13.7 Å². The monoisotopic (exact) mass is 416 g/mol. The normalized spacial score (nSPS) is 11.2. The summed E-state index contributed by atoms with van der Waals surface area (Å²) in [7, 11) is 3.02. The number of nitrogens with one attached hydrogen (secondary N) is 1. The highest BCUT2D eigenvalue weighted by molar-refractivity contribution is 15.0. The number of hydrogen-bond acceptors (Lipinski definition) is 5. The highest BCUT2D eigenvalue weighted by Crippen LogP contribution is 1.93. The first kappa shape index (κ1) is 16.2. The second-order valence-electron chi connectivity index (χ2n) is 2.02. The van der Waals surface area contributed by atoms with E-state index in [1.54, 1.807) is 7.05 Å². The fourth-order valence-corrected chi connectivity index (χ4v) is 0.708. The molecular formula is C6H14I2N2O3. The molecule has 0 radical (unpaired) electrons. The highest BCUT2D eigenvalue weighted by atomic mass is 128. The molecule has 0 bridgehead atoms. The van der Waals surface area contributed by atoms with Gasteiger partial charge in [-0.2, -0.15) is 0 Å². The number of esters is 1. The van der Waals surface area contributed by atoms with Crippen LogP contribution in [0.3, 0.4) is 0 Å². The number of methoxy groups -OCH3 is 1. The molecule has 0 heterocycles. The van der Waals surface area contributed by atoms with Crippen molar-refractivity contribution in [1.82, 2.24) is 5.32 Å². The van der Waals surface area contributed by atoms with Gasteiger partial charge in [0.1, 0.15) is 6.04 Å². The van der Waals surface area contributed by atoms with E-state index in [4.69, 9.17) is 5.90 Å². The minimum absolute atomic E-state index is 0.301. The quantitative estimate of drug-likeness (QED) is 0.394. The summed E-state index contributed by atoms with van der Waals surface area (Å²) < 4.78 is 4.50. The molecule has 80 valence electrons. The van der Waals surface area contributed by atoms with E-state index in [9.17, 15) is 4.79 Å². The number of rotatable bonds is 5. The van der Waals surface area contributed by atoms with E-state index in [0.29, 0.717) is 13.0 Å². The Morgan fingerprint density at radius 1 is 1.62 bits per heavy atom. The number of hydrogen-bond donors (Lipinski definition) is 2. The number of ether oxygens (including phenoxy) is 1. The van der Waals surface area contributed by atoms with Crippen LogP contribution >= 0.6 is 37.2 Å². The van der Waals surface area contributed by atoms with Crippen molar-refractivity contribution >= 4 is 43.2 Å². The summed E-state index contributed by atoms with van der Waals surface area (Å²) in [5, 5.41) is 2.78. The Hall–Kier alpha value is 0.810. The Morgan fingerprint density at radius 3 is 2.46 bits per heavy atom. The van der Waals surface area contributed by atoms with Crippen molar-refractivity contribution in [3.8, 4) is 0 Å². The third kappa shape index (κ3) is 9.12. The van der Waals surface area contributed by atoms with Crippen LogP contribution in [0.4, 0.5) is 0 Å². The predicted molar refractivity (Wildman–Crippen MR) is 67.7 cm³/mol. The summed E-state index contributed by atoms with van der Waals surface area (Å²) in [5.74, 6) is 4.49. The minimum Gasteiger partial charge on any atom is -0.468 e. The van der Waals surface area contributed by atoms with E-state index < -0.39 is 0 Å². The van der Waals surface area contributed by atoms with Gasteiger partial charge in [-0.15, -0.1) is 0 Å². The van der Waals surface area contributed by atoms with Gasteiger partial charge >= 0.3 is 5.97 Å². The van der Waals surface area contributed by atoms with E-state index in [-0.39, 0.29) is 12.0 Å². The van der Waals surface area contributed by atoms with Gasteiger partial charge in [-0.1, -0.05) is 0 Å². The second kappa shape index (κ2) is 12.8. The molecule has 0 fully saturated rings. The Kier molecular flexibility index (Phi) is 16.0. The van der Waals surface area contributed by atoms with Crippen molar-refractivity contribution in [2.75, 3.05) is 20.8 Å². The SMILES string of the molecule is CNC(CCON)C(=O)OC.II. The Morgan fingerprint density at radius 2 is 2.15 bits per heavy atom. The molecular weight excluding hydrogens is 402 g/mol. The lowest BCUT2D eigenvalue weighted by atomic mass is 10.2. The second-order valence-corrected chi connectivity index (χ2v) is 2.02. The van der Waals surface area contributed by atoms with Gasteiger partial charge in [0.25, 0.3) is 0 Å². The summed E-state index contributed by atoms with van der Waals surface area (Å²) in [4.78, 5) is 15.2. The molecule has 0 amide bonds. The number of carbonyl (C=O) groups excluding carboxylic acids is 1. The zero-order valence-corrected chi connectivity index (χ0v) is 11.9. The predicted octanol–water partition coefficient (Wildman–Crippen LogP) is 0.799. The Labute approximate surface area is 101 Å². The lowest BCUT2D eigenvalue weighted by Crippen LogP contribution is -2.36. The van der Waals surface area contributed by atoms with Crippen LogP contribution in [0.2, 0.25) is 0 Å². The molecule has 0 rings (SSSR count). The Bertz CT molecular complexity index is 126. The third-order valence-corrected chi connectivity index (χ3v) is 1.36. The van der Waals surface area contributed by atoms with Gasteiger partial charge in [-0.3, -0.25) is 4.79 Å². The van der Waals surface area contributed by atoms with E-state index >= 15 is 0 Å². The van der Waals surface area contributed by atoms with Crippen molar-refractivity contribution in [3.05, 3.63) is 0 Å². The standard InChI is InChI=1S/C6H14N2O3.I2/c1-8-5(3-4-11-7)6(9)10-2;1-2/h5,8H,3-4,7H2,1-2H3;. The fraction of sp³-hybridized carbons (Fsp3) is 0.833. The van der Waals surface area contributed by atoms with Crippen molar-refractivity contribution in [1.29, 1.82) is 0 Å². The van der Waals surface area contributed by atoms with Crippen molar-refractivity contribution in [2.45, 2.75) is 12.5 Å². The number of carbonyl (C=O) groups is 1. The average Bonchev–Trinajstić information content (AvgIpc) is 2.21. The Balaban J connectivity index is 0. The summed E-state index contributed by atoms with van der Waals surface area (Å²) >= 11 is 4.24. The van der Waals surface area contributed by atoms with Crippen molar-refractivity contribution < 1.29 is 14.4 Å². The first-order valence-corrected chi connectivity index (χ1v) is 9.76. The molecule has 7 heteroatoms. The first-order valence-electron chi connectivity index (χ1n) is 3.47. The van der Waals surface area contributed by atoms with Gasteiger partial charge in [-0.05, 0) is 13.5 Å². The van der Waals surface area contributed by atoms with E-state index in [1.807, 2.05) is 0 Å². The molecule has 13 heavy (non-hydrogen) atoms. The maximum absolute atomic E-state index is 10.9. The van der Waals surface area contributed by atoms with Gasteiger partial charge in [0.15, 0.2) is 0 Å². The fourth-order valence-electron chi connectivity index (χ4n) is 0.708. The third-order valence-electron chi connectivity index (χ3n) is 1.36. The van der Waals surface area contributed by atoms with Crippen LogP contribution in [0, 0.1) is 0 Å². The van der Waals surface area contributed by atoms with Gasteiger partial charge in [0, 0.05) is 37.2 Å². The topological polar surface area (TPSA) is 73.6 Å². The smallest absolute Gasteiger partial charge is 0.322 e. The lowest BCUT2D eigenvalue weighted by molar-refractivity contribution is -0.143.